The summed E-state index contributed by atoms with van der Waals surface area (Å²) in [5.74, 6) is 0.852. The van der Waals surface area contributed by atoms with Crippen LogP contribution >= 0.6 is 0 Å². The number of hydrogen-bond acceptors (Lipinski definition) is 5. The molecule has 0 spiro atoms. The highest BCUT2D eigenvalue weighted by Gasteiger charge is 2.39. The SMILES string of the molecule is Cc1nc([C@@H]2C[C@H](NC(=O)c3ccccc3)CN2C(=O)c2ccn[nH]2)n[nH]1. The third-order valence-electron chi connectivity index (χ3n) is 4.58. The van der Waals surface area contributed by atoms with Crippen molar-refractivity contribution in [3.63, 3.8) is 0 Å². The number of amides is 2. The summed E-state index contributed by atoms with van der Waals surface area (Å²) >= 11 is 0. The molecule has 0 bridgehead atoms. The van der Waals surface area contributed by atoms with E-state index >= 15 is 0 Å². The summed E-state index contributed by atoms with van der Waals surface area (Å²) in [6.07, 6.45) is 2.07. The molecule has 1 saturated heterocycles. The van der Waals surface area contributed by atoms with E-state index in [9.17, 15) is 9.59 Å². The van der Waals surface area contributed by atoms with Crippen LogP contribution in [0.2, 0.25) is 0 Å². The minimum atomic E-state index is -0.327. The van der Waals surface area contributed by atoms with E-state index in [0.717, 1.165) is 0 Å². The smallest absolute Gasteiger partial charge is 0.272 e. The predicted molar refractivity (Wildman–Crippen MR) is 95.8 cm³/mol. The minimum Gasteiger partial charge on any atom is -0.347 e. The van der Waals surface area contributed by atoms with Crippen molar-refractivity contribution in [2.24, 2.45) is 0 Å². The van der Waals surface area contributed by atoms with Crippen LogP contribution in [-0.2, 0) is 0 Å². The van der Waals surface area contributed by atoms with Crippen LogP contribution in [0.1, 0.15) is 45.0 Å². The van der Waals surface area contributed by atoms with Crippen LogP contribution in [-0.4, -0.2) is 54.7 Å². The highest BCUT2D eigenvalue weighted by Crippen LogP contribution is 2.31. The van der Waals surface area contributed by atoms with E-state index in [2.05, 4.69) is 30.7 Å². The molecule has 3 heterocycles. The molecule has 4 rings (SSSR count). The lowest BCUT2D eigenvalue weighted by Crippen LogP contribution is -2.38. The number of rotatable bonds is 4. The Morgan fingerprint density at radius 1 is 1.19 bits per heavy atom. The zero-order valence-electron chi connectivity index (χ0n) is 14.7. The number of carbonyl (C=O) groups excluding carboxylic acids is 2. The van der Waals surface area contributed by atoms with Crippen molar-refractivity contribution in [2.45, 2.75) is 25.4 Å². The molecule has 2 amide bonds. The van der Waals surface area contributed by atoms with Gasteiger partial charge in [0.05, 0.1) is 6.04 Å². The Morgan fingerprint density at radius 3 is 2.67 bits per heavy atom. The van der Waals surface area contributed by atoms with Gasteiger partial charge >= 0.3 is 0 Å². The Morgan fingerprint density at radius 2 is 2.00 bits per heavy atom. The lowest BCUT2D eigenvalue weighted by Gasteiger charge is -2.21. The van der Waals surface area contributed by atoms with Gasteiger partial charge in [-0.3, -0.25) is 19.8 Å². The fourth-order valence-electron chi connectivity index (χ4n) is 3.31. The van der Waals surface area contributed by atoms with Crippen molar-refractivity contribution >= 4 is 11.8 Å². The molecule has 1 aromatic carbocycles. The maximum Gasteiger partial charge on any atom is 0.272 e. The molecule has 1 fully saturated rings. The Bertz CT molecular complexity index is 936. The van der Waals surface area contributed by atoms with Gasteiger partial charge in [0, 0.05) is 24.3 Å². The maximum atomic E-state index is 12.9. The van der Waals surface area contributed by atoms with E-state index in [1.807, 2.05) is 18.2 Å². The number of aromatic nitrogens is 5. The molecule has 2 atom stereocenters. The second-order valence-corrected chi connectivity index (χ2v) is 6.49. The van der Waals surface area contributed by atoms with Crippen molar-refractivity contribution in [2.75, 3.05) is 6.54 Å². The summed E-state index contributed by atoms with van der Waals surface area (Å²) in [6, 6.07) is 10.1. The highest BCUT2D eigenvalue weighted by molar-refractivity contribution is 5.95. The Kier molecular flexibility index (Phi) is 4.41. The number of benzene rings is 1. The van der Waals surface area contributed by atoms with Gasteiger partial charge < -0.3 is 10.2 Å². The number of carbonyl (C=O) groups is 2. The van der Waals surface area contributed by atoms with Crippen LogP contribution in [0.15, 0.2) is 42.6 Å². The molecule has 1 aliphatic heterocycles. The second kappa shape index (κ2) is 7.02. The third-order valence-corrected chi connectivity index (χ3v) is 4.58. The highest BCUT2D eigenvalue weighted by atomic mass is 16.2. The Labute approximate surface area is 155 Å². The summed E-state index contributed by atoms with van der Waals surface area (Å²) in [4.78, 5) is 31.4. The first kappa shape index (κ1) is 17.0. The number of hydrogen-bond donors (Lipinski definition) is 3. The molecule has 9 nitrogen and oxygen atoms in total. The van der Waals surface area contributed by atoms with Crippen molar-refractivity contribution in [1.29, 1.82) is 0 Å². The van der Waals surface area contributed by atoms with Gasteiger partial charge in [0.2, 0.25) is 0 Å². The number of nitrogens with zero attached hydrogens (tertiary/aromatic N) is 4. The van der Waals surface area contributed by atoms with Crippen molar-refractivity contribution in [1.82, 2.24) is 35.6 Å². The maximum absolute atomic E-state index is 12.9. The number of aryl methyl sites for hydroxylation is 1. The van der Waals surface area contributed by atoms with Crippen molar-refractivity contribution < 1.29 is 9.59 Å². The standard InChI is InChI=1S/C18H19N7O2/c1-11-20-16(24-22-11)15-9-13(21-17(26)12-5-3-2-4-6-12)10-25(15)18(27)14-7-8-19-23-14/h2-8,13,15H,9-10H2,1H3,(H,19,23)(H,21,26)(H,20,22,24)/t13-,15-/m0/s1. The molecular formula is C18H19N7O2. The summed E-state index contributed by atoms with van der Waals surface area (Å²) in [6.45, 7) is 2.18. The van der Waals surface area contributed by atoms with Gasteiger partial charge in [-0.05, 0) is 31.5 Å². The van der Waals surface area contributed by atoms with E-state index in [0.29, 0.717) is 35.9 Å². The van der Waals surface area contributed by atoms with E-state index in [1.165, 1.54) is 6.20 Å². The van der Waals surface area contributed by atoms with Gasteiger partial charge in [-0.15, -0.1) is 0 Å². The number of H-pyrrole nitrogens is 2. The van der Waals surface area contributed by atoms with Crippen LogP contribution in [0.5, 0.6) is 0 Å². The van der Waals surface area contributed by atoms with Crippen molar-refractivity contribution in [3.05, 3.63) is 65.5 Å². The molecule has 0 radical (unpaired) electrons. The van der Waals surface area contributed by atoms with Crippen LogP contribution in [0.3, 0.4) is 0 Å². The largest absolute Gasteiger partial charge is 0.347 e. The Balaban J connectivity index is 1.55. The van der Waals surface area contributed by atoms with Gasteiger partial charge in [-0.1, -0.05) is 18.2 Å². The summed E-state index contributed by atoms with van der Waals surface area (Å²) in [5, 5.41) is 16.6. The molecule has 3 aromatic rings. The van der Waals surface area contributed by atoms with Gasteiger partial charge in [0.25, 0.3) is 11.8 Å². The fraction of sp³-hybridized carbons (Fsp3) is 0.278. The molecule has 2 aromatic heterocycles. The number of nitrogens with one attached hydrogen (secondary N) is 3. The fourth-order valence-corrected chi connectivity index (χ4v) is 3.31. The molecule has 9 heteroatoms. The van der Waals surface area contributed by atoms with Crippen LogP contribution in [0.25, 0.3) is 0 Å². The van der Waals surface area contributed by atoms with E-state index < -0.39 is 0 Å². The average Bonchev–Trinajstić information content (AvgIpc) is 3.42. The monoisotopic (exact) mass is 365 g/mol. The first-order valence-corrected chi connectivity index (χ1v) is 8.67. The quantitative estimate of drug-likeness (QED) is 0.642. The average molecular weight is 365 g/mol. The van der Waals surface area contributed by atoms with E-state index in [-0.39, 0.29) is 23.9 Å². The molecule has 0 unspecified atom stereocenters. The molecule has 0 aliphatic carbocycles. The normalized spacial score (nSPS) is 19.2. The van der Waals surface area contributed by atoms with Crippen molar-refractivity contribution in [3.8, 4) is 0 Å². The predicted octanol–water partition coefficient (Wildman–Crippen LogP) is 1.22. The van der Waals surface area contributed by atoms with Crippen LogP contribution in [0.4, 0.5) is 0 Å². The van der Waals surface area contributed by atoms with Crippen LogP contribution < -0.4 is 5.32 Å². The van der Waals surface area contributed by atoms with E-state index in [1.54, 1.807) is 30.0 Å². The summed E-state index contributed by atoms with van der Waals surface area (Å²) in [7, 11) is 0. The van der Waals surface area contributed by atoms with E-state index in [4.69, 9.17) is 0 Å². The lowest BCUT2D eigenvalue weighted by molar-refractivity contribution is 0.0718. The minimum absolute atomic E-state index is 0.165. The lowest BCUT2D eigenvalue weighted by atomic mass is 10.1. The second-order valence-electron chi connectivity index (χ2n) is 6.49. The number of aromatic amines is 2. The molecule has 138 valence electrons. The first-order valence-electron chi connectivity index (χ1n) is 8.67. The molecule has 3 N–H and O–H groups in total. The van der Waals surface area contributed by atoms with Gasteiger partial charge in [0.1, 0.15) is 11.5 Å². The third kappa shape index (κ3) is 3.43. The van der Waals surface area contributed by atoms with Gasteiger partial charge in [-0.25, -0.2) is 4.98 Å². The molecule has 0 saturated carbocycles. The van der Waals surface area contributed by atoms with Gasteiger partial charge in [-0.2, -0.15) is 10.2 Å². The zero-order chi connectivity index (χ0) is 18.8. The Hall–Kier alpha value is -3.49. The topological polar surface area (TPSA) is 120 Å². The summed E-state index contributed by atoms with van der Waals surface area (Å²) in [5.41, 5.74) is 0.975. The molecule has 1 aliphatic rings. The van der Waals surface area contributed by atoms with Gasteiger partial charge in [0.15, 0.2) is 5.82 Å². The molecule has 27 heavy (non-hydrogen) atoms. The number of likely N-dealkylation sites (tertiary alicyclic amines) is 1. The molecular weight excluding hydrogens is 346 g/mol. The van der Waals surface area contributed by atoms with Crippen LogP contribution in [0, 0.1) is 6.92 Å². The zero-order valence-corrected chi connectivity index (χ0v) is 14.7. The summed E-state index contributed by atoms with van der Waals surface area (Å²) < 4.78 is 0. The first-order chi connectivity index (χ1) is 13.1.